The maximum absolute atomic E-state index is 13.5. The number of rotatable bonds is 2. The van der Waals surface area contributed by atoms with Crippen molar-refractivity contribution in [3.8, 4) is 0 Å². The highest BCUT2D eigenvalue weighted by molar-refractivity contribution is 5.31. The third-order valence-electron chi connectivity index (χ3n) is 2.37. The third kappa shape index (κ3) is 2.12. The number of hydrogen-bond acceptors (Lipinski definition) is 3. The van der Waals surface area contributed by atoms with Crippen molar-refractivity contribution >= 4 is 0 Å². The maximum atomic E-state index is 13.5. The van der Waals surface area contributed by atoms with Gasteiger partial charge in [-0.25, -0.2) is 13.2 Å². The summed E-state index contributed by atoms with van der Waals surface area (Å²) in [7, 11) is 0. The van der Waals surface area contributed by atoms with E-state index in [0.717, 1.165) is 12.1 Å². The topological polar surface area (TPSA) is 51.8 Å². The van der Waals surface area contributed by atoms with Gasteiger partial charge < -0.3 is 5.73 Å². The van der Waals surface area contributed by atoms with E-state index in [-0.39, 0.29) is 5.56 Å². The maximum Gasteiger partial charge on any atom is 0.194 e. The summed E-state index contributed by atoms with van der Waals surface area (Å²) in [5.41, 5.74) is 6.07. The summed E-state index contributed by atoms with van der Waals surface area (Å²) in [4.78, 5) is 0. The van der Waals surface area contributed by atoms with E-state index in [1.165, 1.54) is 18.5 Å². The Morgan fingerprint density at radius 3 is 2.41 bits per heavy atom. The molecular formula is C11H8F3N3. The minimum absolute atomic E-state index is 0.128. The van der Waals surface area contributed by atoms with Gasteiger partial charge in [0, 0.05) is 11.8 Å². The zero-order chi connectivity index (χ0) is 12.4. The van der Waals surface area contributed by atoms with Crippen LogP contribution < -0.4 is 5.73 Å². The smallest absolute Gasteiger partial charge is 0.194 e. The van der Waals surface area contributed by atoms with Crippen molar-refractivity contribution in [2.75, 3.05) is 0 Å². The molecule has 0 aliphatic rings. The summed E-state index contributed by atoms with van der Waals surface area (Å²) < 4.78 is 39.2. The molecule has 1 unspecified atom stereocenters. The number of nitrogens with zero attached hydrogens (tertiary/aromatic N) is 2. The molecule has 0 saturated carbocycles. The van der Waals surface area contributed by atoms with Gasteiger partial charge in [-0.2, -0.15) is 10.2 Å². The van der Waals surface area contributed by atoms with Crippen LogP contribution in [0, 0.1) is 17.5 Å². The van der Waals surface area contributed by atoms with E-state index in [1.807, 2.05) is 0 Å². The van der Waals surface area contributed by atoms with Crippen molar-refractivity contribution in [1.29, 1.82) is 0 Å². The number of nitrogens with two attached hydrogens (primary N) is 1. The molecule has 2 N–H and O–H groups in total. The molecule has 0 amide bonds. The van der Waals surface area contributed by atoms with E-state index in [1.54, 1.807) is 0 Å². The van der Waals surface area contributed by atoms with Crippen LogP contribution in [0.3, 0.4) is 0 Å². The molecule has 0 spiro atoms. The molecule has 0 bridgehead atoms. The van der Waals surface area contributed by atoms with Gasteiger partial charge in [0.25, 0.3) is 0 Å². The Hall–Kier alpha value is -1.95. The largest absolute Gasteiger partial charge is 0.320 e. The van der Waals surface area contributed by atoms with Gasteiger partial charge >= 0.3 is 0 Å². The first kappa shape index (κ1) is 11.5. The summed E-state index contributed by atoms with van der Waals surface area (Å²) in [6.07, 6.45) is 2.72. The molecule has 1 heterocycles. The number of aromatic nitrogens is 2. The van der Waals surface area contributed by atoms with E-state index < -0.39 is 23.5 Å². The van der Waals surface area contributed by atoms with E-state index in [2.05, 4.69) is 10.2 Å². The van der Waals surface area contributed by atoms with Gasteiger partial charge in [-0.3, -0.25) is 0 Å². The van der Waals surface area contributed by atoms with Crippen LogP contribution in [0.5, 0.6) is 0 Å². The highest BCUT2D eigenvalue weighted by atomic mass is 19.2. The monoisotopic (exact) mass is 239 g/mol. The van der Waals surface area contributed by atoms with Crippen LogP contribution in [0.4, 0.5) is 13.2 Å². The van der Waals surface area contributed by atoms with Crippen LogP contribution >= 0.6 is 0 Å². The van der Waals surface area contributed by atoms with Crippen LogP contribution in [0.2, 0.25) is 0 Å². The molecule has 0 radical (unpaired) electrons. The first-order chi connectivity index (χ1) is 8.11. The fraction of sp³-hybridized carbons (Fsp3) is 0.0909. The van der Waals surface area contributed by atoms with Crippen LogP contribution in [0.1, 0.15) is 17.2 Å². The first-order valence-electron chi connectivity index (χ1n) is 4.77. The van der Waals surface area contributed by atoms with E-state index >= 15 is 0 Å². The van der Waals surface area contributed by atoms with Gasteiger partial charge in [0.15, 0.2) is 17.5 Å². The molecule has 6 heteroatoms. The standard InChI is InChI=1S/C11H8F3N3/c12-8-2-1-7(9(13)10(8)14)11(15)6-3-4-16-17-5-6/h1-5,11H,15H2. The first-order valence-corrected chi connectivity index (χ1v) is 4.77. The average Bonchev–Trinajstić information content (AvgIpc) is 2.36. The summed E-state index contributed by atoms with van der Waals surface area (Å²) in [6, 6.07) is 2.56. The zero-order valence-corrected chi connectivity index (χ0v) is 8.57. The van der Waals surface area contributed by atoms with Crippen molar-refractivity contribution in [3.05, 3.63) is 59.2 Å². The van der Waals surface area contributed by atoms with Gasteiger partial charge in [0.2, 0.25) is 0 Å². The molecule has 2 aromatic rings. The van der Waals surface area contributed by atoms with Crippen molar-refractivity contribution in [3.63, 3.8) is 0 Å². The highest BCUT2D eigenvalue weighted by Gasteiger charge is 2.19. The molecule has 2 rings (SSSR count). The normalized spacial score (nSPS) is 12.5. The van der Waals surface area contributed by atoms with Crippen molar-refractivity contribution in [2.24, 2.45) is 5.73 Å². The van der Waals surface area contributed by atoms with Crippen LogP contribution in [0.15, 0.2) is 30.6 Å². The molecule has 0 aliphatic carbocycles. The minimum atomic E-state index is -1.53. The lowest BCUT2D eigenvalue weighted by Gasteiger charge is -2.13. The quantitative estimate of drug-likeness (QED) is 0.815. The molecule has 0 saturated heterocycles. The second kappa shape index (κ2) is 4.50. The summed E-state index contributed by atoms with van der Waals surface area (Å²) >= 11 is 0. The Kier molecular flexibility index (Phi) is 3.06. The molecule has 3 nitrogen and oxygen atoms in total. The number of halogens is 3. The molecule has 1 atom stereocenters. The summed E-state index contributed by atoms with van der Waals surface area (Å²) in [5.74, 6) is -4.06. The van der Waals surface area contributed by atoms with Gasteiger partial charge in [0.1, 0.15) is 0 Å². The van der Waals surface area contributed by atoms with Crippen molar-refractivity contribution in [2.45, 2.75) is 6.04 Å². The number of hydrogen-bond donors (Lipinski definition) is 1. The average molecular weight is 239 g/mol. The predicted octanol–water partition coefficient (Wildman–Crippen LogP) is 1.94. The van der Waals surface area contributed by atoms with Gasteiger partial charge in [0.05, 0.1) is 12.2 Å². The Balaban J connectivity index is 2.45. The minimum Gasteiger partial charge on any atom is -0.320 e. The van der Waals surface area contributed by atoms with E-state index in [9.17, 15) is 13.2 Å². The lowest BCUT2D eigenvalue weighted by molar-refractivity contribution is 0.438. The highest BCUT2D eigenvalue weighted by Crippen LogP contribution is 2.24. The van der Waals surface area contributed by atoms with Crippen molar-refractivity contribution < 1.29 is 13.2 Å². The SMILES string of the molecule is NC(c1ccnnc1)c1ccc(F)c(F)c1F. The molecule has 88 valence electrons. The second-order valence-corrected chi connectivity index (χ2v) is 3.42. The Morgan fingerprint density at radius 2 is 1.76 bits per heavy atom. The molecule has 1 aromatic carbocycles. The van der Waals surface area contributed by atoms with Crippen molar-refractivity contribution in [1.82, 2.24) is 10.2 Å². The Morgan fingerprint density at radius 1 is 1.00 bits per heavy atom. The van der Waals surface area contributed by atoms with Crippen LogP contribution in [0.25, 0.3) is 0 Å². The predicted molar refractivity (Wildman–Crippen MR) is 54.4 cm³/mol. The number of benzene rings is 1. The van der Waals surface area contributed by atoms with Crippen LogP contribution in [-0.4, -0.2) is 10.2 Å². The summed E-state index contributed by atoms with van der Waals surface area (Å²) in [6.45, 7) is 0. The fourth-order valence-corrected chi connectivity index (χ4v) is 1.45. The Labute approximate surface area is 95.1 Å². The van der Waals surface area contributed by atoms with E-state index in [0.29, 0.717) is 5.56 Å². The third-order valence-corrected chi connectivity index (χ3v) is 2.37. The molecular weight excluding hydrogens is 231 g/mol. The molecule has 0 aliphatic heterocycles. The van der Waals surface area contributed by atoms with Gasteiger partial charge in [-0.1, -0.05) is 6.07 Å². The fourth-order valence-electron chi connectivity index (χ4n) is 1.45. The second-order valence-electron chi connectivity index (χ2n) is 3.42. The summed E-state index contributed by atoms with van der Waals surface area (Å²) in [5, 5.41) is 7.12. The zero-order valence-electron chi connectivity index (χ0n) is 8.57. The lowest BCUT2D eigenvalue weighted by Crippen LogP contribution is -2.15. The lowest BCUT2D eigenvalue weighted by atomic mass is 10.0. The Bertz CT molecular complexity index is 531. The molecule has 1 aromatic heterocycles. The van der Waals surface area contributed by atoms with Gasteiger partial charge in [-0.05, 0) is 17.7 Å². The van der Waals surface area contributed by atoms with Gasteiger partial charge in [-0.15, -0.1) is 0 Å². The van der Waals surface area contributed by atoms with Crippen LogP contribution in [-0.2, 0) is 0 Å². The molecule has 0 fully saturated rings. The van der Waals surface area contributed by atoms with E-state index in [4.69, 9.17) is 5.73 Å². The molecule has 17 heavy (non-hydrogen) atoms.